The van der Waals surface area contributed by atoms with Gasteiger partial charge in [0.2, 0.25) is 0 Å². The Morgan fingerprint density at radius 1 is 1.25 bits per heavy atom. The van der Waals surface area contributed by atoms with Gasteiger partial charge in [-0.25, -0.2) is 8.78 Å². The third-order valence-electron chi connectivity index (χ3n) is 3.90. The first-order chi connectivity index (χ1) is 9.47. The highest BCUT2D eigenvalue weighted by atomic mass is 19.1. The molecule has 0 heterocycles. The van der Waals surface area contributed by atoms with Crippen LogP contribution in [0.2, 0.25) is 0 Å². The van der Waals surface area contributed by atoms with Gasteiger partial charge in [0.1, 0.15) is 5.82 Å². The molecule has 1 amide bonds. The minimum atomic E-state index is -0.856. The predicted octanol–water partition coefficient (Wildman–Crippen LogP) is 3.25. The van der Waals surface area contributed by atoms with Gasteiger partial charge in [-0.2, -0.15) is 0 Å². The number of anilines is 1. The summed E-state index contributed by atoms with van der Waals surface area (Å²) in [6.45, 7) is 2.19. The van der Waals surface area contributed by atoms with Crippen LogP contribution in [0.25, 0.3) is 0 Å². The molecule has 0 bridgehead atoms. The average molecular weight is 282 g/mol. The first-order valence-corrected chi connectivity index (χ1v) is 7.02. The van der Waals surface area contributed by atoms with Crippen LogP contribution >= 0.6 is 0 Å². The lowest BCUT2D eigenvalue weighted by molar-refractivity contribution is 0.0928. The van der Waals surface area contributed by atoms with Gasteiger partial charge in [0.15, 0.2) is 5.82 Å². The molecule has 1 fully saturated rings. The number of carbonyl (C=O) groups is 1. The highest BCUT2D eigenvalue weighted by Gasteiger charge is 2.21. The lowest BCUT2D eigenvalue weighted by Crippen LogP contribution is -2.35. The van der Waals surface area contributed by atoms with Crippen LogP contribution in [0.5, 0.6) is 0 Å². The van der Waals surface area contributed by atoms with E-state index in [4.69, 9.17) is 5.73 Å². The summed E-state index contributed by atoms with van der Waals surface area (Å²) in [6.07, 6.45) is 4.98. The van der Waals surface area contributed by atoms with Gasteiger partial charge in [-0.05, 0) is 37.3 Å². The maximum absolute atomic E-state index is 13.8. The topological polar surface area (TPSA) is 55.1 Å². The summed E-state index contributed by atoms with van der Waals surface area (Å²) < 4.78 is 27.0. The van der Waals surface area contributed by atoms with Crippen LogP contribution < -0.4 is 11.1 Å². The van der Waals surface area contributed by atoms with Crippen molar-refractivity contribution in [1.82, 2.24) is 5.32 Å². The normalized spacial score (nSPS) is 23.1. The van der Waals surface area contributed by atoms with Crippen molar-refractivity contribution in [3.8, 4) is 0 Å². The molecular formula is C15H20F2N2O. The molecule has 3 N–H and O–H groups in total. The number of benzene rings is 1. The van der Waals surface area contributed by atoms with Gasteiger partial charge in [-0.3, -0.25) is 4.79 Å². The Balaban J connectivity index is 2.08. The molecule has 3 nitrogen and oxygen atoms in total. The molecule has 0 saturated heterocycles. The number of nitrogen functional groups attached to an aromatic ring is 1. The Morgan fingerprint density at radius 2 is 2.00 bits per heavy atom. The Bertz CT molecular complexity index is 505. The summed E-state index contributed by atoms with van der Waals surface area (Å²) in [7, 11) is 0. The quantitative estimate of drug-likeness (QED) is 0.646. The number of carbonyl (C=O) groups excluding carboxylic acids is 1. The number of hydrogen-bond acceptors (Lipinski definition) is 2. The van der Waals surface area contributed by atoms with Crippen molar-refractivity contribution >= 4 is 11.6 Å². The zero-order valence-electron chi connectivity index (χ0n) is 11.6. The van der Waals surface area contributed by atoms with E-state index in [1.54, 1.807) is 0 Å². The maximum Gasteiger partial charge on any atom is 0.254 e. The second kappa shape index (κ2) is 6.20. The molecule has 5 heteroatoms. The van der Waals surface area contributed by atoms with Crippen LogP contribution in [0, 0.1) is 17.6 Å². The average Bonchev–Trinajstić information content (AvgIpc) is 2.59. The van der Waals surface area contributed by atoms with E-state index in [1.165, 1.54) is 0 Å². The summed E-state index contributed by atoms with van der Waals surface area (Å²) in [5.74, 6) is -1.50. The molecule has 110 valence electrons. The zero-order chi connectivity index (χ0) is 14.7. The summed E-state index contributed by atoms with van der Waals surface area (Å²) in [5, 5.41) is 2.79. The number of nitrogens with one attached hydrogen (secondary N) is 1. The Hall–Kier alpha value is -1.65. The molecule has 1 aromatic carbocycles. The van der Waals surface area contributed by atoms with Crippen molar-refractivity contribution in [2.45, 2.75) is 45.1 Å². The van der Waals surface area contributed by atoms with Gasteiger partial charge < -0.3 is 11.1 Å². The van der Waals surface area contributed by atoms with E-state index in [9.17, 15) is 13.6 Å². The molecular weight excluding hydrogens is 262 g/mol. The highest BCUT2D eigenvalue weighted by Crippen LogP contribution is 2.23. The molecule has 2 rings (SSSR count). The van der Waals surface area contributed by atoms with Crippen LogP contribution in [-0.2, 0) is 0 Å². The van der Waals surface area contributed by atoms with Crippen LogP contribution in [0.3, 0.4) is 0 Å². The van der Waals surface area contributed by atoms with E-state index in [2.05, 4.69) is 12.2 Å². The first kappa shape index (κ1) is 14.8. The van der Waals surface area contributed by atoms with E-state index in [-0.39, 0.29) is 17.3 Å². The summed E-state index contributed by atoms with van der Waals surface area (Å²) in [4.78, 5) is 12.1. The second-order valence-corrected chi connectivity index (χ2v) is 5.64. The smallest absolute Gasteiger partial charge is 0.254 e. The summed E-state index contributed by atoms with van der Waals surface area (Å²) >= 11 is 0. The molecule has 1 saturated carbocycles. The van der Waals surface area contributed by atoms with Crippen LogP contribution in [0.1, 0.15) is 49.4 Å². The number of amides is 1. The van der Waals surface area contributed by atoms with Gasteiger partial charge in [0.05, 0.1) is 11.3 Å². The van der Waals surface area contributed by atoms with Gasteiger partial charge >= 0.3 is 0 Å². The first-order valence-electron chi connectivity index (χ1n) is 7.02. The molecule has 0 aromatic heterocycles. The van der Waals surface area contributed by atoms with E-state index in [0.29, 0.717) is 5.92 Å². The van der Waals surface area contributed by atoms with Crippen molar-refractivity contribution in [1.29, 1.82) is 0 Å². The zero-order valence-corrected chi connectivity index (χ0v) is 11.6. The SMILES string of the molecule is CC1CCCC(NC(=O)c2cc(F)cc(N)c2F)CC1. The second-order valence-electron chi connectivity index (χ2n) is 5.64. The summed E-state index contributed by atoms with van der Waals surface area (Å²) in [6, 6.07) is 1.79. The van der Waals surface area contributed by atoms with Crippen molar-refractivity contribution < 1.29 is 13.6 Å². The molecule has 1 aromatic rings. The van der Waals surface area contributed by atoms with E-state index in [0.717, 1.165) is 44.2 Å². The monoisotopic (exact) mass is 282 g/mol. The van der Waals surface area contributed by atoms with Gasteiger partial charge in [-0.15, -0.1) is 0 Å². The van der Waals surface area contributed by atoms with Crippen molar-refractivity contribution in [3.63, 3.8) is 0 Å². The Kier molecular flexibility index (Phi) is 4.57. The molecule has 2 unspecified atom stereocenters. The standard InChI is InChI=1S/C15H20F2N2O/c1-9-3-2-4-11(6-5-9)19-15(20)12-7-10(16)8-13(18)14(12)17/h7-9,11H,2-6,18H2,1H3,(H,19,20). The van der Waals surface area contributed by atoms with Crippen LogP contribution in [0.4, 0.5) is 14.5 Å². The lowest BCUT2D eigenvalue weighted by Gasteiger charge is -2.17. The summed E-state index contributed by atoms with van der Waals surface area (Å²) in [5.41, 5.74) is 4.68. The molecule has 0 aliphatic heterocycles. The lowest BCUT2D eigenvalue weighted by atomic mass is 10.0. The predicted molar refractivity (Wildman–Crippen MR) is 74.3 cm³/mol. The van der Waals surface area contributed by atoms with Gasteiger partial charge in [-0.1, -0.05) is 19.8 Å². The maximum atomic E-state index is 13.8. The molecule has 1 aliphatic rings. The number of halogens is 2. The van der Waals surface area contributed by atoms with Gasteiger partial charge in [0.25, 0.3) is 5.91 Å². The van der Waals surface area contributed by atoms with Crippen molar-refractivity contribution in [3.05, 3.63) is 29.3 Å². The fraction of sp³-hybridized carbons (Fsp3) is 0.533. The number of hydrogen-bond donors (Lipinski definition) is 2. The Morgan fingerprint density at radius 3 is 2.75 bits per heavy atom. The molecule has 20 heavy (non-hydrogen) atoms. The molecule has 2 atom stereocenters. The van der Waals surface area contributed by atoms with Crippen molar-refractivity contribution in [2.24, 2.45) is 5.92 Å². The fourth-order valence-corrected chi connectivity index (χ4v) is 2.67. The Labute approximate surface area is 117 Å². The third-order valence-corrected chi connectivity index (χ3v) is 3.90. The van der Waals surface area contributed by atoms with Crippen LogP contribution in [0.15, 0.2) is 12.1 Å². The van der Waals surface area contributed by atoms with Crippen molar-refractivity contribution in [2.75, 3.05) is 5.73 Å². The van der Waals surface area contributed by atoms with E-state index < -0.39 is 17.5 Å². The third kappa shape index (κ3) is 3.46. The fourth-order valence-electron chi connectivity index (χ4n) is 2.67. The molecule has 1 aliphatic carbocycles. The van der Waals surface area contributed by atoms with E-state index in [1.807, 2.05) is 0 Å². The number of rotatable bonds is 2. The molecule has 0 radical (unpaired) electrons. The molecule has 0 spiro atoms. The highest BCUT2D eigenvalue weighted by molar-refractivity contribution is 5.95. The number of nitrogens with two attached hydrogens (primary N) is 1. The minimum Gasteiger partial charge on any atom is -0.396 e. The minimum absolute atomic E-state index is 0.0244. The van der Waals surface area contributed by atoms with Crippen LogP contribution in [-0.4, -0.2) is 11.9 Å². The van der Waals surface area contributed by atoms with Gasteiger partial charge in [0, 0.05) is 6.04 Å². The largest absolute Gasteiger partial charge is 0.396 e. The van der Waals surface area contributed by atoms with E-state index >= 15 is 0 Å².